The molecular formula is C27H30N3O+. The summed E-state index contributed by atoms with van der Waals surface area (Å²) in [5.41, 5.74) is 3.38. The van der Waals surface area contributed by atoms with Crippen molar-refractivity contribution < 1.29 is 9.64 Å². The van der Waals surface area contributed by atoms with Crippen molar-refractivity contribution in [1.82, 2.24) is 5.01 Å². The first kappa shape index (κ1) is 18.9. The van der Waals surface area contributed by atoms with Crippen molar-refractivity contribution in [2.45, 2.75) is 50.9 Å². The summed E-state index contributed by atoms with van der Waals surface area (Å²) in [6.07, 6.45) is 2.95. The fourth-order valence-electron chi connectivity index (χ4n) is 5.74. The number of para-hydroxylation sites is 1. The maximum atomic E-state index is 6.78. The van der Waals surface area contributed by atoms with E-state index in [-0.39, 0.29) is 11.8 Å². The summed E-state index contributed by atoms with van der Waals surface area (Å²) in [5, 5.41) is 10.2. The molecule has 1 atom stereocenters. The van der Waals surface area contributed by atoms with E-state index in [0.29, 0.717) is 6.04 Å². The average molecular weight is 413 g/mol. The highest BCUT2D eigenvalue weighted by atomic mass is 16.5. The van der Waals surface area contributed by atoms with Gasteiger partial charge in [0.1, 0.15) is 5.75 Å². The summed E-state index contributed by atoms with van der Waals surface area (Å²) in [6, 6.07) is 24.7. The number of piperidine rings is 1. The molecule has 3 aliphatic rings. The summed E-state index contributed by atoms with van der Waals surface area (Å²) in [7, 11) is 0. The smallest absolute Gasteiger partial charge is 0.208 e. The number of hydrogen-bond donors (Lipinski definition) is 1. The lowest BCUT2D eigenvalue weighted by Gasteiger charge is -2.50. The second kappa shape index (κ2) is 7.10. The number of likely N-dealkylation sites (tertiary alicyclic amines) is 1. The van der Waals surface area contributed by atoms with Crippen molar-refractivity contribution in [1.29, 1.82) is 0 Å². The molecule has 1 fully saturated rings. The molecule has 3 heterocycles. The Kier molecular flexibility index (Phi) is 4.32. The highest BCUT2D eigenvalue weighted by molar-refractivity contribution is 6.11. The Morgan fingerprint density at radius 1 is 0.968 bits per heavy atom. The van der Waals surface area contributed by atoms with Crippen LogP contribution in [0.5, 0.6) is 5.75 Å². The highest BCUT2D eigenvalue weighted by Gasteiger charge is 2.53. The van der Waals surface area contributed by atoms with Gasteiger partial charge in [-0.05, 0) is 30.7 Å². The zero-order chi connectivity index (χ0) is 21.0. The number of nitrogens with one attached hydrogen (secondary N) is 1. The molecular weight excluding hydrogens is 382 g/mol. The molecule has 158 valence electrons. The molecule has 3 aliphatic heterocycles. The standard InChI is InChI=1S/C27H29N3O/c1-19(2)29-16-14-27(15-17-29)30-25(23-11-5-6-13-26(23)31-27)18-24(28-30)22-12-7-9-20-8-3-4-10-21(20)22/h3-13,19,25H,14-18H2,1-2H3/p+1/t25-/m1/s1. The van der Waals surface area contributed by atoms with Gasteiger partial charge in [-0.15, -0.1) is 0 Å². The monoisotopic (exact) mass is 412 g/mol. The van der Waals surface area contributed by atoms with Crippen molar-refractivity contribution in [3.8, 4) is 5.75 Å². The van der Waals surface area contributed by atoms with Crippen molar-refractivity contribution in [2.75, 3.05) is 13.1 Å². The maximum absolute atomic E-state index is 6.78. The summed E-state index contributed by atoms with van der Waals surface area (Å²) >= 11 is 0. The van der Waals surface area contributed by atoms with Gasteiger partial charge in [-0.1, -0.05) is 60.7 Å². The Balaban J connectivity index is 1.44. The zero-order valence-electron chi connectivity index (χ0n) is 18.3. The number of fused-ring (bicyclic) bond motifs is 5. The van der Waals surface area contributed by atoms with Crippen molar-refractivity contribution >= 4 is 16.5 Å². The number of rotatable bonds is 2. The van der Waals surface area contributed by atoms with Gasteiger partial charge in [0.25, 0.3) is 0 Å². The van der Waals surface area contributed by atoms with Gasteiger partial charge >= 0.3 is 0 Å². The van der Waals surface area contributed by atoms with E-state index in [1.54, 1.807) is 4.90 Å². The predicted molar refractivity (Wildman–Crippen MR) is 125 cm³/mol. The van der Waals surface area contributed by atoms with Gasteiger partial charge in [-0.2, -0.15) is 5.10 Å². The Labute approximate surface area is 184 Å². The lowest BCUT2D eigenvalue weighted by Crippen LogP contribution is -3.16. The highest BCUT2D eigenvalue weighted by Crippen LogP contribution is 2.49. The van der Waals surface area contributed by atoms with Crippen molar-refractivity contribution in [3.05, 3.63) is 77.9 Å². The maximum Gasteiger partial charge on any atom is 0.208 e. The van der Waals surface area contributed by atoms with Crippen LogP contribution in [0.25, 0.3) is 10.8 Å². The van der Waals surface area contributed by atoms with Crippen LogP contribution < -0.4 is 9.64 Å². The molecule has 1 spiro atoms. The van der Waals surface area contributed by atoms with Gasteiger partial charge in [0, 0.05) is 17.5 Å². The number of hydrogen-bond acceptors (Lipinski definition) is 3. The molecule has 1 saturated heterocycles. The third-order valence-electron chi connectivity index (χ3n) is 7.50. The van der Waals surface area contributed by atoms with Crippen molar-refractivity contribution in [2.24, 2.45) is 5.10 Å². The Hall–Kier alpha value is -2.85. The van der Waals surface area contributed by atoms with Gasteiger partial charge in [0.05, 0.1) is 43.7 Å². The molecule has 0 aliphatic carbocycles. The second-order valence-corrected chi connectivity index (χ2v) is 9.54. The Morgan fingerprint density at radius 2 is 1.71 bits per heavy atom. The second-order valence-electron chi connectivity index (χ2n) is 9.54. The van der Waals surface area contributed by atoms with E-state index in [4.69, 9.17) is 9.84 Å². The van der Waals surface area contributed by atoms with E-state index in [0.717, 1.165) is 38.1 Å². The van der Waals surface area contributed by atoms with Gasteiger partial charge in [0.15, 0.2) is 0 Å². The first-order chi connectivity index (χ1) is 15.1. The fourth-order valence-corrected chi connectivity index (χ4v) is 5.74. The number of ether oxygens (including phenoxy) is 1. The minimum atomic E-state index is -0.330. The third-order valence-corrected chi connectivity index (χ3v) is 7.50. The largest absolute Gasteiger partial charge is 0.466 e. The first-order valence-corrected chi connectivity index (χ1v) is 11.6. The molecule has 4 nitrogen and oxygen atoms in total. The Bertz CT molecular complexity index is 1150. The molecule has 31 heavy (non-hydrogen) atoms. The summed E-state index contributed by atoms with van der Waals surface area (Å²) in [6.45, 7) is 6.89. The van der Waals surface area contributed by atoms with Crippen LogP contribution in [0.1, 0.15) is 50.3 Å². The van der Waals surface area contributed by atoms with Crippen LogP contribution in [-0.4, -0.2) is 35.6 Å². The van der Waals surface area contributed by atoms with Crippen LogP contribution in [0.4, 0.5) is 0 Å². The molecule has 3 aromatic rings. The zero-order valence-corrected chi connectivity index (χ0v) is 18.3. The van der Waals surface area contributed by atoms with E-state index in [9.17, 15) is 0 Å². The average Bonchev–Trinajstić information content (AvgIpc) is 3.26. The van der Waals surface area contributed by atoms with Crippen LogP contribution in [0.2, 0.25) is 0 Å². The summed E-state index contributed by atoms with van der Waals surface area (Å²) in [4.78, 5) is 1.67. The van der Waals surface area contributed by atoms with Gasteiger partial charge in [0.2, 0.25) is 5.72 Å². The Morgan fingerprint density at radius 3 is 2.55 bits per heavy atom. The molecule has 0 radical (unpaired) electrons. The summed E-state index contributed by atoms with van der Waals surface area (Å²) < 4.78 is 6.78. The third kappa shape index (κ3) is 2.96. The minimum absolute atomic E-state index is 0.250. The molecule has 4 heteroatoms. The fraction of sp³-hybridized carbons (Fsp3) is 0.370. The molecule has 0 bridgehead atoms. The molecule has 3 aromatic carbocycles. The quantitative estimate of drug-likeness (QED) is 0.685. The number of quaternary nitrogens is 1. The number of hydrazone groups is 1. The van der Waals surface area contributed by atoms with Crippen LogP contribution in [0, 0.1) is 0 Å². The molecule has 0 saturated carbocycles. The lowest BCUT2D eigenvalue weighted by molar-refractivity contribution is -0.929. The van der Waals surface area contributed by atoms with Gasteiger partial charge in [-0.25, -0.2) is 5.01 Å². The van der Waals surface area contributed by atoms with Gasteiger partial charge < -0.3 is 9.64 Å². The van der Waals surface area contributed by atoms with E-state index in [2.05, 4.69) is 85.6 Å². The summed E-state index contributed by atoms with van der Waals surface area (Å²) in [5.74, 6) is 1.05. The number of nitrogens with zero attached hydrogens (tertiary/aromatic N) is 2. The SMILES string of the molecule is CC(C)[NH+]1CCC2(CC1)Oc1ccccc1[C@H]1CC(c3cccc4ccccc34)=NN12. The van der Waals surface area contributed by atoms with Crippen LogP contribution in [-0.2, 0) is 0 Å². The minimum Gasteiger partial charge on any atom is -0.466 e. The van der Waals surface area contributed by atoms with Crippen molar-refractivity contribution in [3.63, 3.8) is 0 Å². The topological polar surface area (TPSA) is 29.3 Å². The molecule has 1 N–H and O–H groups in total. The van der Waals surface area contributed by atoms with E-state index >= 15 is 0 Å². The number of benzene rings is 3. The van der Waals surface area contributed by atoms with Gasteiger partial charge in [-0.3, -0.25) is 0 Å². The van der Waals surface area contributed by atoms with E-state index in [1.165, 1.54) is 27.6 Å². The lowest BCUT2D eigenvalue weighted by atomic mass is 9.90. The van der Waals surface area contributed by atoms with E-state index < -0.39 is 0 Å². The molecule has 6 rings (SSSR count). The molecule has 0 amide bonds. The van der Waals surface area contributed by atoms with Crippen LogP contribution >= 0.6 is 0 Å². The van der Waals surface area contributed by atoms with Crippen LogP contribution in [0.3, 0.4) is 0 Å². The van der Waals surface area contributed by atoms with Crippen LogP contribution in [0.15, 0.2) is 71.8 Å². The first-order valence-electron chi connectivity index (χ1n) is 11.6. The van der Waals surface area contributed by atoms with E-state index in [1.807, 2.05) is 0 Å². The predicted octanol–water partition coefficient (Wildman–Crippen LogP) is 4.17. The molecule has 0 aromatic heterocycles. The normalized spacial score (nSPS) is 27.2. The molecule has 0 unspecified atom stereocenters.